The molecule has 13 heteroatoms. The fourth-order valence-corrected chi connectivity index (χ4v) is 4.50. The highest BCUT2D eigenvalue weighted by Crippen LogP contribution is 2.40. The molecule has 3 saturated heterocycles. The van der Waals surface area contributed by atoms with Crippen molar-refractivity contribution in [3.63, 3.8) is 0 Å². The topological polar surface area (TPSA) is 85.0 Å². The Bertz CT molecular complexity index is 1180. The zero-order valence-corrected chi connectivity index (χ0v) is 16.5. The number of halogens is 4. The van der Waals surface area contributed by atoms with Crippen LogP contribution in [-0.2, 0) is 13.6 Å². The molecule has 0 spiro atoms. The molecule has 6 heterocycles. The van der Waals surface area contributed by atoms with E-state index in [1.807, 2.05) is 16.5 Å². The molecule has 9 nitrogen and oxygen atoms in total. The lowest BCUT2D eigenvalue weighted by atomic mass is 9.87. The molecule has 30 heavy (non-hydrogen) atoms. The number of piperazine rings is 1. The zero-order chi connectivity index (χ0) is 21.2. The molecule has 3 fully saturated rings. The van der Waals surface area contributed by atoms with Gasteiger partial charge in [-0.25, -0.2) is 19.6 Å². The number of aromatic nitrogens is 6. The number of nitrogens with zero attached hydrogens (tertiary/aromatic N) is 8. The number of piperidine rings is 1. The Hall–Kier alpha value is -2.89. The van der Waals surface area contributed by atoms with Gasteiger partial charge in [-0.15, -0.1) is 0 Å². The number of rotatable bonds is 3. The molecule has 0 aromatic carbocycles. The molecule has 0 amide bonds. The van der Waals surface area contributed by atoms with Crippen molar-refractivity contribution in [3.8, 4) is 0 Å². The van der Waals surface area contributed by atoms with Crippen molar-refractivity contribution in [1.82, 2.24) is 29.3 Å². The summed E-state index contributed by atoms with van der Waals surface area (Å²) >= 11 is 6.13. The minimum absolute atomic E-state index is 0.109. The van der Waals surface area contributed by atoms with E-state index in [9.17, 15) is 18.0 Å². The first-order chi connectivity index (χ1) is 14.2. The van der Waals surface area contributed by atoms with Crippen LogP contribution in [0.15, 0.2) is 23.6 Å². The maximum absolute atomic E-state index is 12.6. The largest absolute Gasteiger partial charge is 0.408 e. The van der Waals surface area contributed by atoms with Gasteiger partial charge >= 0.3 is 6.18 Å². The predicted octanol–water partition coefficient (Wildman–Crippen LogP) is 1.60. The first-order valence-corrected chi connectivity index (χ1v) is 9.58. The Kier molecular flexibility index (Phi) is 4.17. The van der Waals surface area contributed by atoms with Gasteiger partial charge in [-0.05, 0) is 6.42 Å². The Morgan fingerprint density at radius 1 is 1.20 bits per heavy atom. The lowest BCUT2D eigenvalue weighted by Gasteiger charge is -2.57. The Labute approximate surface area is 172 Å². The quantitative estimate of drug-likeness (QED) is 0.611. The van der Waals surface area contributed by atoms with Gasteiger partial charge in [0, 0.05) is 20.1 Å². The van der Waals surface area contributed by atoms with Crippen LogP contribution in [-0.4, -0.2) is 60.6 Å². The summed E-state index contributed by atoms with van der Waals surface area (Å²) in [4.78, 5) is 29.4. The molecule has 3 aromatic heterocycles. The molecule has 3 aromatic rings. The molecule has 0 saturated carbocycles. The van der Waals surface area contributed by atoms with Crippen LogP contribution in [0, 0.1) is 0 Å². The molecular weight excluding hydrogens is 425 g/mol. The van der Waals surface area contributed by atoms with Crippen LogP contribution in [0.5, 0.6) is 0 Å². The lowest BCUT2D eigenvalue weighted by Crippen LogP contribution is -2.69. The third kappa shape index (κ3) is 2.97. The molecule has 0 aliphatic carbocycles. The molecule has 2 unspecified atom stereocenters. The monoisotopic (exact) mass is 440 g/mol. The minimum Gasteiger partial charge on any atom is -0.365 e. The third-order valence-corrected chi connectivity index (χ3v) is 5.91. The molecule has 158 valence electrons. The van der Waals surface area contributed by atoms with Gasteiger partial charge in [0.05, 0.1) is 30.3 Å². The van der Waals surface area contributed by atoms with Crippen LogP contribution < -0.4 is 15.4 Å². The van der Waals surface area contributed by atoms with E-state index in [0.717, 1.165) is 23.4 Å². The highest BCUT2D eigenvalue weighted by molar-refractivity contribution is 6.33. The highest BCUT2D eigenvalue weighted by Gasteiger charge is 2.47. The van der Waals surface area contributed by atoms with E-state index < -0.39 is 18.3 Å². The zero-order valence-electron chi connectivity index (χ0n) is 15.7. The molecule has 0 radical (unpaired) electrons. The van der Waals surface area contributed by atoms with E-state index in [0.29, 0.717) is 23.5 Å². The number of anilines is 2. The summed E-state index contributed by atoms with van der Waals surface area (Å²) in [6.45, 7) is -0.392. The average molecular weight is 441 g/mol. The van der Waals surface area contributed by atoms with Gasteiger partial charge in [0.15, 0.2) is 17.0 Å². The Morgan fingerprint density at radius 2 is 1.93 bits per heavy atom. The van der Waals surface area contributed by atoms with Crippen LogP contribution in [0.25, 0.3) is 11.2 Å². The van der Waals surface area contributed by atoms with Crippen LogP contribution >= 0.6 is 11.6 Å². The summed E-state index contributed by atoms with van der Waals surface area (Å²) in [7, 11) is 1.86. The van der Waals surface area contributed by atoms with E-state index in [4.69, 9.17) is 11.6 Å². The van der Waals surface area contributed by atoms with Crippen molar-refractivity contribution < 1.29 is 13.2 Å². The van der Waals surface area contributed by atoms with E-state index in [2.05, 4.69) is 25.0 Å². The first-order valence-electron chi connectivity index (χ1n) is 9.20. The normalized spacial score (nSPS) is 21.2. The molecule has 3 aliphatic heterocycles. The lowest BCUT2D eigenvalue weighted by molar-refractivity contribution is -0.143. The van der Waals surface area contributed by atoms with Gasteiger partial charge < -0.3 is 14.4 Å². The number of alkyl halides is 3. The molecule has 6 rings (SSSR count). The molecule has 2 atom stereocenters. The summed E-state index contributed by atoms with van der Waals surface area (Å²) < 4.78 is 40.0. The highest BCUT2D eigenvalue weighted by atomic mass is 35.5. The molecule has 3 aliphatic rings. The van der Waals surface area contributed by atoms with Gasteiger partial charge in [0.1, 0.15) is 17.9 Å². The SMILES string of the molecule is Cn1cnc2c(N3C4CC3CN(c3cnn(CC(F)(F)F)c(=O)c3Cl)C4)ncnc21. The number of imidazole rings is 1. The van der Waals surface area contributed by atoms with Crippen molar-refractivity contribution in [2.24, 2.45) is 7.05 Å². The van der Waals surface area contributed by atoms with E-state index in [-0.39, 0.29) is 17.1 Å². The second kappa shape index (κ2) is 6.56. The predicted molar refractivity (Wildman–Crippen MR) is 103 cm³/mol. The number of hydrogen-bond acceptors (Lipinski definition) is 7. The van der Waals surface area contributed by atoms with Crippen molar-refractivity contribution in [2.75, 3.05) is 22.9 Å². The van der Waals surface area contributed by atoms with E-state index in [1.54, 1.807) is 6.33 Å². The van der Waals surface area contributed by atoms with Crippen LogP contribution in [0.2, 0.25) is 5.02 Å². The second-order valence-corrected chi connectivity index (χ2v) is 7.88. The smallest absolute Gasteiger partial charge is 0.365 e. The van der Waals surface area contributed by atoms with Gasteiger partial charge in [-0.3, -0.25) is 4.79 Å². The van der Waals surface area contributed by atoms with Gasteiger partial charge in [-0.1, -0.05) is 11.6 Å². The van der Waals surface area contributed by atoms with Gasteiger partial charge in [0.25, 0.3) is 5.56 Å². The summed E-state index contributed by atoms with van der Waals surface area (Å²) in [6, 6.07) is 0.218. The van der Waals surface area contributed by atoms with E-state index in [1.165, 1.54) is 12.5 Å². The van der Waals surface area contributed by atoms with Crippen molar-refractivity contribution in [1.29, 1.82) is 0 Å². The van der Waals surface area contributed by atoms with Gasteiger partial charge in [0.2, 0.25) is 0 Å². The summed E-state index contributed by atoms with van der Waals surface area (Å²) in [5.74, 6) is 0.756. The van der Waals surface area contributed by atoms with Crippen LogP contribution in [0.3, 0.4) is 0 Å². The summed E-state index contributed by atoms with van der Waals surface area (Å²) in [6.07, 6.45) is 0.804. The van der Waals surface area contributed by atoms with E-state index >= 15 is 0 Å². The Morgan fingerprint density at radius 3 is 2.63 bits per heavy atom. The number of hydrogen-bond donors (Lipinski definition) is 0. The average Bonchev–Trinajstić information content (AvgIpc) is 3.07. The Balaban J connectivity index is 1.40. The molecule has 2 bridgehead atoms. The maximum Gasteiger partial charge on any atom is 0.408 e. The van der Waals surface area contributed by atoms with Crippen LogP contribution in [0.1, 0.15) is 6.42 Å². The van der Waals surface area contributed by atoms with Crippen molar-refractivity contribution in [2.45, 2.75) is 31.2 Å². The standard InChI is InChI=1S/C17H16ClF3N8O/c1-26-8-24-13-14(26)22-7-23-15(13)29-9-2-10(29)5-27(4-9)11-3-25-28(6-17(19,20)21)16(30)12(11)18/h3,7-10H,2,4-6H2,1H3. The summed E-state index contributed by atoms with van der Waals surface area (Å²) in [5, 5.41) is 3.42. The maximum atomic E-state index is 12.6. The fraction of sp³-hybridized carbons (Fsp3) is 0.471. The molecular formula is C17H16ClF3N8O. The van der Waals surface area contributed by atoms with Crippen molar-refractivity contribution >= 4 is 34.3 Å². The second-order valence-electron chi connectivity index (χ2n) is 7.50. The number of aryl methyl sites for hydroxylation is 1. The first kappa shape index (κ1) is 19.1. The number of fused-ring (bicyclic) bond motifs is 3. The summed E-state index contributed by atoms with van der Waals surface area (Å²) in [5.41, 5.74) is 0.855. The fourth-order valence-electron chi connectivity index (χ4n) is 4.23. The third-order valence-electron chi connectivity index (χ3n) is 5.55. The van der Waals surface area contributed by atoms with Crippen molar-refractivity contribution in [3.05, 3.63) is 34.2 Å². The molecule has 0 N–H and O–H groups in total. The minimum atomic E-state index is -4.55. The van der Waals surface area contributed by atoms with Crippen LogP contribution in [0.4, 0.5) is 24.7 Å². The van der Waals surface area contributed by atoms with Gasteiger partial charge in [-0.2, -0.15) is 18.3 Å².